The monoisotopic (exact) mass is 617 g/mol. The van der Waals surface area contributed by atoms with E-state index in [-0.39, 0.29) is 42.2 Å². The molecule has 3 aromatic rings. The Hall–Kier alpha value is -3.89. The van der Waals surface area contributed by atoms with E-state index in [1.54, 1.807) is 31.2 Å². The van der Waals surface area contributed by atoms with Crippen LogP contribution in [0.15, 0.2) is 54.7 Å². The zero-order chi connectivity index (χ0) is 32.1. The van der Waals surface area contributed by atoms with Crippen LogP contribution in [-0.4, -0.2) is 76.6 Å². The molecular formula is C35H44FN5O4. The third kappa shape index (κ3) is 7.86. The third-order valence-corrected chi connectivity index (χ3v) is 8.48. The van der Waals surface area contributed by atoms with Crippen molar-refractivity contribution in [3.63, 3.8) is 0 Å². The second-order valence-corrected chi connectivity index (χ2v) is 12.4. The molecule has 1 saturated carbocycles. The summed E-state index contributed by atoms with van der Waals surface area (Å²) in [5.74, 6) is -0.328. The Balaban J connectivity index is 1.32. The average Bonchev–Trinajstić information content (AvgIpc) is 3.85. The molecule has 2 amide bonds. The molecule has 1 aliphatic carbocycles. The van der Waals surface area contributed by atoms with Gasteiger partial charge in [-0.15, -0.1) is 0 Å². The highest BCUT2D eigenvalue weighted by atomic mass is 19.1. The SMILES string of the molecule is COCC[C@H](c1nccc(C)c1F)N1C[C@@H](C)N(C(=O)C(C)C)[C@@H](C(=O)NCc2ccc(-c3cccc(OC4CC4)n3)cc2)C1. The Kier molecular flexibility index (Phi) is 10.5. The maximum Gasteiger partial charge on any atom is 0.244 e. The van der Waals surface area contributed by atoms with Crippen molar-refractivity contribution in [1.29, 1.82) is 0 Å². The van der Waals surface area contributed by atoms with Gasteiger partial charge in [-0.3, -0.25) is 19.5 Å². The van der Waals surface area contributed by atoms with Crippen molar-refractivity contribution in [2.24, 2.45) is 5.92 Å². The van der Waals surface area contributed by atoms with Gasteiger partial charge in [-0.25, -0.2) is 9.37 Å². The molecule has 0 unspecified atom stereocenters. The van der Waals surface area contributed by atoms with Crippen molar-refractivity contribution in [3.05, 3.63) is 77.4 Å². The predicted octanol–water partition coefficient (Wildman–Crippen LogP) is 5.08. The number of aryl methyl sites for hydroxylation is 1. The molecule has 3 heterocycles. The number of amides is 2. The lowest BCUT2D eigenvalue weighted by atomic mass is 9.97. The number of methoxy groups -OCH3 is 1. The predicted molar refractivity (Wildman–Crippen MR) is 170 cm³/mol. The van der Waals surface area contributed by atoms with Crippen LogP contribution in [0.25, 0.3) is 11.3 Å². The summed E-state index contributed by atoms with van der Waals surface area (Å²) in [5, 5.41) is 3.06. The Morgan fingerprint density at radius 2 is 1.84 bits per heavy atom. The van der Waals surface area contributed by atoms with Gasteiger partial charge in [0, 0.05) is 63.1 Å². The molecule has 10 heteroatoms. The number of hydrogen-bond acceptors (Lipinski definition) is 7. The Labute approximate surface area is 265 Å². The van der Waals surface area contributed by atoms with E-state index in [4.69, 9.17) is 9.47 Å². The molecule has 9 nitrogen and oxygen atoms in total. The van der Waals surface area contributed by atoms with E-state index in [2.05, 4.69) is 20.2 Å². The Morgan fingerprint density at radius 3 is 2.53 bits per heavy atom. The van der Waals surface area contributed by atoms with Gasteiger partial charge < -0.3 is 19.7 Å². The van der Waals surface area contributed by atoms with Gasteiger partial charge in [-0.1, -0.05) is 44.2 Å². The number of halogens is 1. The summed E-state index contributed by atoms with van der Waals surface area (Å²) in [6.45, 7) is 8.78. The minimum atomic E-state index is -0.751. The quantitative estimate of drug-likeness (QED) is 0.303. The molecule has 0 spiro atoms. The second kappa shape index (κ2) is 14.5. The number of piperazine rings is 1. The van der Waals surface area contributed by atoms with Gasteiger partial charge in [-0.2, -0.15) is 0 Å². The smallest absolute Gasteiger partial charge is 0.244 e. The van der Waals surface area contributed by atoms with E-state index in [1.165, 1.54) is 0 Å². The lowest BCUT2D eigenvalue weighted by Gasteiger charge is -2.47. The number of hydrogen-bond donors (Lipinski definition) is 1. The summed E-state index contributed by atoms with van der Waals surface area (Å²) in [5.41, 5.74) is 3.55. The van der Waals surface area contributed by atoms with Crippen molar-refractivity contribution in [2.45, 2.75) is 77.7 Å². The van der Waals surface area contributed by atoms with Crippen LogP contribution in [0.1, 0.15) is 62.9 Å². The molecule has 0 bridgehead atoms. The fraction of sp³-hybridized carbons (Fsp3) is 0.486. The van der Waals surface area contributed by atoms with E-state index in [0.29, 0.717) is 43.3 Å². The summed E-state index contributed by atoms with van der Waals surface area (Å²) in [7, 11) is 1.61. The van der Waals surface area contributed by atoms with Gasteiger partial charge in [0.25, 0.3) is 0 Å². The fourth-order valence-electron chi connectivity index (χ4n) is 5.87. The number of pyridine rings is 2. The number of nitrogens with zero attached hydrogens (tertiary/aromatic N) is 4. The average molecular weight is 618 g/mol. The van der Waals surface area contributed by atoms with Gasteiger partial charge >= 0.3 is 0 Å². The van der Waals surface area contributed by atoms with Crippen LogP contribution in [0.5, 0.6) is 5.88 Å². The van der Waals surface area contributed by atoms with Gasteiger partial charge in [0.15, 0.2) is 0 Å². The molecule has 1 aromatic carbocycles. The summed E-state index contributed by atoms with van der Waals surface area (Å²) in [6, 6.07) is 13.9. The number of rotatable bonds is 12. The fourth-order valence-corrected chi connectivity index (χ4v) is 5.87. The minimum Gasteiger partial charge on any atom is -0.474 e. The number of nitrogens with one attached hydrogen (secondary N) is 1. The van der Waals surface area contributed by atoms with Crippen molar-refractivity contribution < 1.29 is 23.5 Å². The van der Waals surface area contributed by atoms with E-state index in [1.807, 2.05) is 63.2 Å². The highest BCUT2D eigenvalue weighted by molar-refractivity contribution is 5.89. The summed E-state index contributed by atoms with van der Waals surface area (Å²) in [4.78, 5) is 40.1. The molecule has 1 saturated heterocycles. The van der Waals surface area contributed by atoms with Crippen molar-refractivity contribution in [1.82, 2.24) is 25.1 Å². The van der Waals surface area contributed by atoms with E-state index < -0.39 is 12.1 Å². The van der Waals surface area contributed by atoms with Gasteiger partial charge in [0.05, 0.1) is 17.4 Å². The second-order valence-electron chi connectivity index (χ2n) is 12.4. The lowest BCUT2D eigenvalue weighted by molar-refractivity contribution is -0.151. The van der Waals surface area contributed by atoms with Crippen LogP contribution < -0.4 is 10.1 Å². The molecule has 5 rings (SSSR count). The Bertz CT molecular complexity index is 1480. The molecular weight excluding hydrogens is 573 g/mol. The topological polar surface area (TPSA) is 96.9 Å². The summed E-state index contributed by atoms with van der Waals surface area (Å²) in [6.07, 6.45) is 4.54. The molecule has 3 atom stereocenters. The molecule has 0 radical (unpaired) electrons. The molecule has 2 aromatic heterocycles. The van der Waals surface area contributed by atoms with Crippen molar-refractivity contribution in [3.8, 4) is 17.1 Å². The van der Waals surface area contributed by atoms with Gasteiger partial charge in [-0.05, 0) is 56.4 Å². The van der Waals surface area contributed by atoms with Crippen LogP contribution in [0.2, 0.25) is 0 Å². The first-order valence-corrected chi connectivity index (χ1v) is 15.8. The number of aromatic nitrogens is 2. The Morgan fingerprint density at radius 1 is 1.09 bits per heavy atom. The van der Waals surface area contributed by atoms with Crippen LogP contribution in [0.4, 0.5) is 4.39 Å². The summed E-state index contributed by atoms with van der Waals surface area (Å²) >= 11 is 0. The molecule has 45 heavy (non-hydrogen) atoms. The van der Waals surface area contributed by atoms with Crippen molar-refractivity contribution in [2.75, 3.05) is 26.8 Å². The normalized spacial score (nSPS) is 19.4. The number of carbonyl (C=O) groups is 2. The molecule has 1 N–H and O–H groups in total. The van der Waals surface area contributed by atoms with Gasteiger partial charge in [0.1, 0.15) is 18.0 Å². The van der Waals surface area contributed by atoms with Crippen LogP contribution in [0, 0.1) is 18.7 Å². The molecule has 2 fully saturated rings. The zero-order valence-electron chi connectivity index (χ0n) is 26.8. The van der Waals surface area contributed by atoms with Crippen LogP contribution >= 0.6 is 0 Å². The van der Waals surface area contributed by atoms with Gasteiger partial charge in [0.2, 0.25) is 17.7 Å². The number of benzene rings is 1. The molecule has 1 aliphatic heterocycles. The van der Waals surface area contributed by atoms with E-state index in [0.717, 1.165) is 29.7 Å². The maximum absolute atomic E-state index is 15.3. The lowest BCUT2D eigenvalue weighted by Crippen LogP contribution is -2.65. The van der Waals surface area contributed by atoms with Crippen molar-refractivity contribution >= 4 is 11.8 Å². The highest BCUT2D eigenvalue weighted by Gasteiger charge is 2.42. The van der Waals surface area contributed by atoms with E-state index >= 15 is 4.39 Å². The highest BCUT2D eigenvalue weighted by Crippen LogP contribution is 2.32. The first-order valence-electron chi connectivity index (χ1n) is 15.8. The van der Waals surface area contributed by atoms with Crippen LogP contribution in [-0.2, 0) is 20.9 Å². The first-order chi connectivity index (χ1) is 21.7. The number of ether oxygens (including phenoxy) is 2. The molecule has 240 valence electrons. The largest absolute Gasteiger partial charge is 0.474 e. The maximum atomic E-state index is 15.3. The zero-order valence-corrected chi connectivity index (χ0v) is 26.8. The van der Waals surface area contributed by atoms with E-state index in [9.17, 15) is 9.59 Å². The standard InChI is InChI=1S/C35H44FN5O4/c1-22(2)35(43)41-24(4)20-40(29(16-18-44-5)33-32(36)23(3)15-17-37-33)21-30(41)34(42)38-19-25-9-11-26(12-10-25)28-7-6-8-31(39-28)45-27-13-14-27/h6-12,15,17,22,24,27,29-30H,13-14,16,18-21H2,1-5H3,(H,38,42)/t24-,29-,30-/m1/s1. The third-order valence-electron chi connectivity index (χ3n) is 8.48. The molecule has 2 aliphatic rings. The van der Waals surface area contributed by atoms with Crippen LogP contribution in [0.3, 0.4) is 0 Å². The summed E-state index contributed by atoms with van der Waals surface area (Å²) < 4.78 is 26.5. The number of carbonyl (C=O) groups excluding carboxylic acids is 2. The minimum absolute atomic E-state index is 0.0830. The first kappa shape index (κ1) is 32.5.